The van der Waals surface area contributed by atoms with Gasteiger partial charge < -0.3 is 10.8 Å². The van der Waals surface area contributed by atoms with Crippen molar-refractivity contribution in [2.45, 2.75) is 24.0 Å². The van der Waals surface area contributed by atoms with E-state index < -0.39 is 28.0 Å². The van der Waals surface area contributed by atoms with E-state index in [4.69, 9.17) is 5.73 Å². The van der Waals surface area contributed by atoms with Crippen LogP contribution >= 0.6 is 0 Å². The maximum Gasteiger partial charge on any atom is 0.260 e. The van der Waals surface area contributed by atoms with Crippen LogP contribution in [0, 0.1) is 5.92 Å². The van der Waals surface area contributed by atoms with E-state index in [1.54, 1.807) is 12.1 Å². The molecule has 1 aromatic heterocycles. The van der Waals surface area contributed by atoms with Crippen LogP contribution < -0.4 is 5.73 Å². The van der Waals surface area contributed by atoms with Crippen LogP contribution in [0.3, 0.4) is 0 Å². The number of hydrogen-bond donors (Lipinski definition) is 2. The van der Waals surface area contributed by atoms with Crippen molar-refractivity contribution in [3.8, 4) is 0 Å². The summed E-state index contributed by atoms with van der Waals surface area (Å²) in [6.07, 6.45) is 1.16. The van der Waals surface area contributed by atoms with E-state index in [0.717, 1.165) is 4.31 Å². The number of nitrogens with two attached hydrogens (primary N) is 1. The minimum atomic E-state index is -3.76. The normalized spacial score (nSPS) is 25.1. The molecule has 1 saturated heterocycles. The molecule has 1 aliphatic heterocycles. The van der Waals surface area contributed by atoms with Gasteiger partial charge in [0.2, 0.25) is 5.91 Å². The summed E-state index contributed by atoms with van der Waals surface area (Å²) in [5.41, 5.74) is 5.21. The summed E-state index contributed by atoms with van der Waals surface area (Å²) in [7, 11) is -3.76. The molecule has 0 aromatic carbocycles. The highest BCUT2D eigenvalue weighted by molar-refractivity contribution is 7.89. The highest BCUT2D eigenvalue weighted by Gasteiger charge is 2.35. The summed E-state index contributed by atoms with van der Waals surface area (Å²) in [5, 5.41) is 9.91. The summed E-state index contributed by atoms with van der Waals surface area (Å²) >= 11 is 0. The van der Waals surface area contributed by atoms with Crippen molar-refractivity contribution in [2.24, 2.45) is 11.7 Å². The molecular formula is C12H17N3O4S. The summed E-state index contributed by atoms with van der Waals surface area (Å²) in [6, 6.07) is 4.61. The third kappa shape index (κ3) is 2.97. The largest absolute Gasteiger partial charge is 0.391 e. The number of hydrogen-bond acceptors (Lipinski definition) is 5. The second-order valence-electron chi connectivity index (χ2n) is 4.75. The van der Waals surface area contributed by atoms with E-state index in [1.165, 1.54) is 12.3 Å². The fraction of sp³-hybridized carbons (Fsp3) is 0.500. The zero-order chi connectivity index (χ0) is 14.8. The Morgan fingerprint density at radius 2 is 2.20 bits per heavy atom. The summed E-state index contributed by atoms with van der Waals surface area (Å²) in [5.74, 6) is -1.31. The zero-order valence-corrected chi connectivity index (χ0v) is 11.7. The predicted octanol–water partition coefficient (Wildman–Crippen LogP) is -0.671. The van der Waals surface area contributed by atoms with Crippen molar-refractivity contribution in [1.82, 2.24) is 9.29 Å². The second kappa shape index (κ2) is 5.86. The van der Waals surface area contributed by atoms with E-state index in [2.05, 4.69) is 4.98 Å². The molecular weight excluding hydrogens is 282 g/mol. The Labute approximate surface area is 117 Å². The van der Waals surface area contributed by atoms with Crippen molar-refractivity contribution >= 4 is 15.9 Å². The van der Waals surface area contributed by atoms with Gasteiger partial charge in [-0.15, -0.1) is 0 Å². The Morgan fingerprint density at radius 1 is 1.45 bits per heavy atom. The molecule has 1 aliphatic rings. The predicted molar refractivity (Wildman–Crippen MR) is 70.9 cm³/mol. The molecule has 2 heterocycles. The van der Waals surface area contributed by atoms with Crippen molar-refractivity contribution in [3.05, 3.63) is 24.4 Å². The van der Waals surface area contributed by atoms with Crippen molar-refractivity contribution in [3.63, 3.8) is 0 Å². The number of aliphatic hydroxyl groups excluding tert-OH is 1. The summed E-state index contributed by atoms with van der Waals surface area (Å²) in [4.78, 5) is 15.1. The molecule has 0 saturated carbocycles. The van der Waals surface area contributed by atoms with E-state index in [9.17, 15) is 18.3 Å². The van der Waals surface area contributed by atoms with Gasteiger partial charge in [0.1, 0.15) is 0 Å². The summed E-state index contributed by atoms with van der Waals surface area (Å²) in [6.45, 7) is 0.0895. The minimum Gasteiger partial charge on any atom is -0.391 e. The van der Waals surface area contributed by atoms with Crippen LogP contribution in [0.25, 0.3) is 0 Å². The van der Waals surface area contributed by atoms with Gasteiger partial charge in [0.05, 0.1) is 12.0 Å². The molecule has 0 aliphatic carbocycles. The highest BCUT2D eigenvalue weighted by atomic mass is 32.2. The number of carbonyl (C=O) groups is 1. The number of carbonyl (C=O) groups excluding carboxylic acids is 1. The van der Waals surface area contributed by atoms with Crippen LogP contribution in [0.2, 0.25) is 0 Å². The first kappa shape index (κ1) is 14.9. The molecule has 1 aromatic rings. The monoisotopic (exact) mass is 299 g/mol. The topological polar surface area (TPSA) is 114 Å². The lowest BCUT2D eigenvalue weighted by molar-refractivity contribution is -0.125. The number of β-amino-alcohol motifs (C(OH)–C–C–N with tert-alkyl or cyclic N) is 1. The number of amides is 1. The zero-order valence-electron chi connectivity index (χ0n) is 10.8. The van der Waals surface area contributed by atoms with Crippen molar-refractivity contribution in [2.75, 3.05) is 13.1 Å². The Balaban J connectivity index is 2.23. The van der Waals surface area contributed by atoms with Crippen molar-refractivity contribution in [1.29, 1.82) is 0 Å². The lowest BCUT2D eigenvalue weighted by Gasteiger charge is -2.22. The molecule has 2 unspecified atom stereocenters. The van der Waals surface area contributed by atoms with Gasteiger partial charge in [-0.05, 0) is 25.0 Å². The van der Waals surface area contributed by atoms with E-state index in [0.29, 0.717) is 12.8 Å². The van der Waals surface area contributed by atoms with E-state index in [-0.39, 0.29) is 18.1 Å². The number of aromatic nitrogens is 1. The quantitative estimate of drug-likeness (QED) is 0.768. The average molecular weight is 299 g/mol. The Bertz CT molecular complexity index is 576. The average Bonchev–Trinajstić information content (AvgIpc) is 2.62. The first-order valence-electron chi connectivity index (χ1n) is 6.31. The highest BCUT2D eigenvalue weighted by Crippen LogP contribution is 2.22. The maximum atomic E-state index is 12.4. The molecule has 1 amide bonds. The van der Waals surface area contributed by atoms with Crippen LogP contribution in [-0.2, 0) is 14.8 Å². The number of rotatable bonds is 3. The Hall–Kier alpha value is -1.51. The van der Waals surface area contributed by atoms with Gasteiger partial charge in [-0.1, -0.05) is 6.07 Å². The van der Waals surface area contributed by atoms with Crippen LogP contribution in [0.5, 0.6) is 0 Å². The minimum absolute atomic E-state index is 0.0651. The Kier molecular flexibility index (Phi) is 4.36. The number of aliphatic hydroxyl groups is 1. The van der Waals surface area contributed by atoms with Gasteiger partial charge in [0.15, 0.2) is 5.03 Å². The summed E-state index contributed by atoms with van der Waals surface area (Å²) < 4.78 is 26.0. The van der Waals surface area contributed by atoms with Crippen LogP contribution in [0.1, 0.15) is 12.8 Å². The molecule has 0 radical (unpaired) electrons. The lowest BCUT2D eigenvalue weighted by atomic mass is 9.98. The molecule has 8 heteroatoms. The van der Waals surface area contributed by atoms with Gasteiger partial charge in [-0.3, -0.25) is 4.79 Å². The maximum absolute atomic E-state index is 12.4. The van der Waals surface area contributed by atoms with Crippen molar-refractivity contribution < 1.29 is 18.3 Å². The van der Waals surface area contributed by atoms with E-state index in [1.807, 2.05) is 0 Å². The van der Waals surface area contributed by atoms with Crippen LogP contribution in [0.4, 0.5) is 0 Å². The molecule has 20 heavy (non-hydrogen) atoms. The first-order valence-corrected chi connectivity index (χ1v) is 7.75. The molecule has 2 rings (SSSR count). The third-order valence-corrected chi connectivity index (χ3v) is 5.17. The number of primary amides is 1. The standard InChI is InChI=1S/C12H17N3O4S/c13-12(17)9-4-3-7-15(8-10(9)16)20(18,19)11-5-1-2-6-14-11/h1-2,5-6,9-10,16H,3-4,7-8H2,(H2,13,17). The molecule has 7 nitrogen and oxygen atoms in total. The molecule has 2 atom stereocenters. The second-order valence-corrected chi connectivity index (χ2v) is 6.63. The molecule has 1 fully saturated rings. The molecule has 0 spiro atoms. The van der Waals surface area contributed by atoms with Gasteiger partial charge in [-0.25, -0.2) is 13.4 Å². The Morgan fingerprint density at radius 3 is 2.80 bits per heavy atom. The number of pyridine rings is 1. The van der Waals surface area contributed by atoms with Gasteiger partial charge in [0.25, 0.3) is 10.0 Å². The number of nitrogens with zero attached hydrogens (tertiary/aromatic N) is 2. The van der Waals surface area contributed by atoms with Crippen LogP contribution in [-0.4, -0.2) is 47.9 Å². The molecule has 3 N–H and O–H groups in total. The lowest BCUT2D eigenvalue weighted by Crippen LogP contribution is -2.41. The fourth-order valence-electron chi connectivity index (χ4n) is 2.29. The van der Waals surface area contributed by atoms with Gasteiger partial charge >= 0.3 is 0 Å². The van der Waals surface area contributed by atoms with Gasteiger partial charge in [0, 0.05) is 19.3 Å². The fourth-order valence-corrected chi connectivity index (χ4v) is 3.72. The van der Waals surface area contributed by atoms with Crippen LogP contribution in [0.15, 0.2) is 29.4 Å². The molecule has 110 valence electrons. The SMILES string of the molecule is NC(=O)C1CCCN(S(=O)(=O)c2ccccn2)CC1O. The van der Waals surface area contributed by atoms with E-state index >= 15 is 0 Å². The first-order chi connectivity index (χ1) is 9.43. The van der Waals surface area contributed by atoms with Gasteiger partial charge in [-0.2, -0.15) is 4.31 Å². The smallest absolute Gasteiger partial charge is 0.260 e. The molecule has 0 bridgehead atoms. The number of sulfonamides is 1. The third-order valence-electron chi connectivity index (χ3n) is 3.39.